The Bertz CT molecular complexity index is 573. The maximum absolute atomic E-state index is 12.6. The molecule has 0 aromatic heterocycles. The SMILES string of the molecule is CN(C)S(=O)(=O)N(C)c1cc(C(F)(F)F)ccc1Cl. The molecule has 9 heteroatoms. The Morgan fingerprint density at radius 2 is 1.68 bits per heavy atom. The van der Waals surface area contributed by atoms with Gasteiger partial charge in [-0.05, 0) is 18.2 Å². The smallest absolute Gasteiger partial charge is 0.259 e. The lowest BCUT2D eigenvalue weighted by molar-refractivity contribution is -0.137. The Hall–Kier alpha value is -0.990. The molecule has 19 heavy (non-hydrogen) atoms. The fourth-order valence-corrected chi connectivity index (χ4v) is 2.48. The van der Waals surface area contributed by atoms with Crippen LogP contribution in [0.5, 0.6) is 0 Å². The Morgan fingerprint density at radius 3 is 2.11 bits per heavy atom. The Balaban J connectivity index is 3.36. The highest BCUT2D eigenvalue weighted by Crippen LogP contribution is 2.35. The predicted octanol–water partition coefficient (Wildman–Crippen LogP) is 2.60. The van der Waals surface area contributed by atoms with Crippen molar-refractivity contribution >= 4 is 27.5 Å². The van der Waals surface area contributed by atoms with Crippen LogP contribution >= 0.6 is 11.6 Å². The van der Waals surface area contributed by atoms with Crippen LogP contribution in [0.15, 0.2) is 18.2 Å². The summed E-state index contributed by atoms with van der Waals surface area (Å²) in [5.41, 5.74) is -1.20. The molecule has 0 unspecified atom stereocenters. The van der Waals surface area contributed by atoms with Crippen LogP contribution in [-0.4, -0.2) is 33.9 Å². The molecule has 0 aliphatic carbocycles. The zero-order valence-corrected chi connectivity index (χ0v) is 11.9. The maximum atomic E-state index is 12.6. The molecule has 0 saturated heterocycles. The molecule has 0 fully saturated rings. The minimum atomic E-state index is -4.57. The third-order valence-electron chi connectivity index (χ3n) is 2.42. The lowest BCUT2D eigenvalue weighted by atomic mass is 10.2. The highest BCUT2D eigenvalue weighted by molar-refractivity contribution is 7.90. The summed E-state index contributed by atoms with van der Waals surface area (Å²) in [6, 6.07) is 2.51. The number of anilines is 1. The second-order valence-corrected chi connectivity index (χ2v) is 6.50. The zero-order chi connectivity index (χ0) is 15.0. The summed E-state index contributed by atoms with van der Waals surface area (Å²) in [5.74, 6) is 0. The average molecular weight is 317 g/mol. The summed E-state index contributed by atoms with van der Waals surface area (Å²) >= 11 is 5.76. The van der Waals surface area contributed by atoms with Crippen LogP contribution in [0.4, 0.5) is 18.9 Å². The highest BCUT2D eigenvalue weighted by atomic mass is 35.5. The van der Waals surface area contributed by atoms with Gasteiger partial charge in [0.05, 0.1) is 16.3 Å². The molecule has 0 saturated carbocycles. The molecule has 108 valence electrons. The number of hydrogen-bond acceptors (Lipinski definition) is 2. The number of halogens is 4. The summed E-state index contributed by atoms with van der Waals surface area (Å²) in [7, 11) is -0.222. The normalized spacial score (nSPS) is 12.8. The van der Waals surface area contributed by atoms with Gasteiger partial charge in [0.2, 0.25) is 0 Å². The molecule has 4 nitrogen and oxygen atoms in total. The van der Waals surface area contributed by atoms with Gasteiger partial charge in [-0.15, -0.1) is 0 Å². The van der Waals surface area contributed by atoms with Gasteiger partial charge in [-0.1, -0.05) is 11.6 Å². The van der Waals surface area contributed by atoms with E-state index >= 15 is 0 Å². The third kappa shape index (κ3) is 3.31. The molecule has 0 aliphatic rings. The van der Waals surface area contributed by atoms with Gasteiger partial charge in [0.25, 0.3) is 0 Å². The second kappa shape index (κ2) is 5.18. The lowest BCUT2D eigenvalue weighted by Crippen LogP contribution is -2.37. The molecule has 0 heterocycles. The summed E-state index contributed by atoms with van der Waals surface area (Å²) in [6.07, 6.45) is -4.57. The molecule has 0 amide bonds. The Kier molecular flexibility index (Phi) is 4.38. The van der Waals surface area contributed by atoms with Crippen molar-refractivity contribution in [2.45, 2.75) is 6.18 Å². The van der Waals surface area contributed by atoms with Gasteiger partial charge < -0.3 is 0 Å². The first-order chi connectivity index (χ1) is 8.48. The molecule has 0 bridgehead atoms. The number of alkyl halides is 3. The summed E-state index contributed by atoms with van der Waals surface area (Å²) in [5, 5.41) is -0.0825. The van der Waals surface area contributed by atoms with Crippen molar-refractivity contribution in [3.05, 3.63) is 28.8 Å². The van der Waals surface area contributed by atoms with E-state index in [2.05, 4.69) is 0 Å². The minimum absolute atomic E-state index is 0.0825. The van der Waals surface area contributed by atoms with Crippen molar-refractivity contribution in [3.8, 4) is 0 Å². The quantitative estimate of drug-likeness (QED) is 0.860. The number of benzene rings is 1. The van der Waals surface area contributed by atoms with E-state index in [4.69, 9.17) is 11.6 Å². The molecule has 1 aromatic carbocycles. The van der Waals surface area contributed by atoms with Gasteiger partial charge in [-0.3, -0.25) is 4.31 Å². The van der Waals surface area contributed by atoms with Crippen molar-refractivity contribution in [2.24, 2.45) is 0 Å². The largest absolute Gasteiger partial charge is 0.416 e. The first kappa shape index (κ1) is 16.1. The van der Waals surface area contributed by atoms with E-state index < -0.39 is 21.9 Å². The van der Waals surface area contributed by atoms with Crippen molar-refractivity contribution < 1.29 is 21.6 Å². The molecule has 0 spiro atoms. The summed E-state index contributed by atoms with van der Waals surface area (Å²) in [6.45, 7) is 0. The topological polar surface area (TPSA) is 40.6 Å². The monoisotopic (exact) mass is 316 g/mol. The van der Waals surface area contributed by atoms with E-state index in [1.54, 1.807) is 0 Å². The van der Waals surface area contributed by atoms with E-state index in [0.717, 1.165) is 23.5 Å². The fraction of sp³-hybridized carbons (Fsp3) is 0.400. The van der Waals surface area contributed by atoms with Crippen LogP contribution in [0, 0.1) is 0 Å². The fourth-order valence-electron chi connectivity index (χ4n) is 1.30. The van der Waals surface area contributed by atoms with E-state index in [9.17, 15) is 21.6 Å². The zero-order valence-electron chi connectivity index (χ0n) is 10.4. The van der Waals surface area contributed by atoms with Crippen molar-refractivity contribution in [1.82, 2.24) is 4.31 Å². The van der Waals surface area contributed by atoms with Gasteiger partial charge in [0.15, 0.2) is 0 Å². The molecule has 1 rings (SSSR count). The average Bonchev–Trinajstić information content (AvgIpc) is 2.26. The Morgan fingerprint density at radius 1 is 1.16 bits per heavy atom. The summed E-state index contributed by atoms with van der Waals surface area (Å²) in [4.78, 5) is 0. The molecular weight excluding hydrogens is 305 g/mol. The van der Waals surface area contributed by atoms with Gasteiger partial charge in [-0.2, -0.15) is 25.9 Å². The van der Waals surface area contributed by atoms with Gasteiger partial charge in [0, 0.05) is 21.1 Å². The van der Waals surface area contributed by atoms with Crippen LogP contribution in [0.25, 0.3) is 0 Å². The predicted molar refractivity (Wildman–Crippen MR) is 67.5 cm³/mol. The van der Waals surface area contributed by atoms with Gasteiger partial charge in [-0.25, -0.2) is 0 Å². The Labute approximate surface area is 114 Å². The first-order valence-corrected chi connectivity index (χ1v) is 6.78. The van der Waals surface area contributed by atoms with Crippen LogP contribution in [0.3, 0.4) is 0 Å². The summed E-state index contributed by atoms with van der Waals surface area (Å²) < 4.78 is 63.1. The van der Waals surface area contributed by atoms with Gasteiger partial charge >= 0.3 is 16.4 Å². The molecular formula is C10H12ClF3N2O2S. The number of hydrogen-bond donors (Lipinski definition) is 0. The van der Waals surface area contributed by atoms with Crippen molar-refractivity contribution in [2.75, 3.05) is 25.4 Å². The van der Waals surface area contributed by atoms with E-state index in [1.165, 1.54) is 14.1 Å². The molecule has 0 N–H and O–H groups in total. The van der Waals surface area contributed by atoms with Crippen molar-refractivity contribution in [3.63, 3.8) is 0 Å². The van der Waals surface area contributed by atoms with Crippen LogP contribution in [-0.2, 0) is 16.4 Å². The highest BCUT2D eigenvalue weighted by Gasteiger charge is 2.32. The maximum Gasteiger partial charge on any atom is 0.416 e. The number of rotatable bonds is 3. The van der Waals surface area contributed by atoms with Crippen LogP contribution < -0.4 is 4.31 Å². The molecule has 0 aliphatic heterocycles. The lowest BCUT2D eigenvalue weighted by Gasteiger charge is -2.24. The molecule has 1 aromatic rings. The van der Waals surface area contributed by atoms with Crippen molar-refractivity contribution in [1.29, 1.82) is 0 Å². The van der Waals surface area contributed by atoms with Crippen LogP contribution in [0.1, 0.15) is 5.56 Å². The first-order valence-electron chi connectivity index (χ1n) is 5.01. The standard InChI is InChI=1S/C10H12ClF3N2O2S/c1-15(2)19(17,18)16(3)9-6-7(10(12,13)14)4-5-8(9)11/h4-6H,1-3H3. The molecule has 0 radical (unpaired) electrons. The molecule has 0 atom stereocenters. The van der Waals surface area contributed by atoms with Crippen LogP contribution in [0.2, 0.25) is 5.02 Å². The second-order valence-electron chi connectivity index (χ2n) is 3.92. The third-order valence-corrected chi connectivity index (χ3v) is 4.55. The van der Waals surface area contributed by atoms with E-state index in [0.29, 0.717) is 10.4 Å². The van der Waals surface area contributed by atoms with Gasteiger partial charge in [0.1, 0.15) is 0 Å². The number of nitrogens with zero attached hydrogens (tertiary/aromatic N) is 2. The van der Waals surface area contributed by atoms with E-state index in [-0.39, 0.29) is 10.7 Å². The van der Waals surface area contributed by atoms with E-state index in [1.807, 2.05) is 0 Å². The minimum Gasteiger partial charge on any atom is -0.259 e.